The molecular formula is C12H10F2IN3. The molecule has 0 saturated heterocycles. The van der Waals surface area contributed by atoms with E-state index < -0.39 is 11.6 Å². The van der Waals surface area contributed by atoms with Crippen molar-refractivity contribution in [2.24, 2.45) is 0 Å². The number of nitrogens with two attached hydrogens (primary N) is 1. The van der Waals surface area contributed by atoms with E-state index in [0.29, 0.717) is 17.1 Å². The lowest BCUT2D eigenvalue weighted by atomic mass is 10.2. The first-order chi connectivity index (χ1) is 8.54. The molecule has 0 spiro atoms. The van der Waals surface area contributed by atoms with Crippen molar-refractivity contribution in [2.75, 3.05) is 11.1 Å². The number of pyridine rings is 1. The highest BCUT2D eigenvalue weighted by atomic mass is 127. The van der Waals surface area contributed by atoms with Gasteiger partial charge in [-0.3, -0.25) is 0 Å². The van der Waals surface area contributed by atoms with Gasteiger partial charge in [0.25, 0.3) is 0 Å². The van der Waals surface area contributed by atoms with Crippen LogP contribution in [0.15, 0.2) is 30.5 Å². The Morgan fingerprint density at radius 1 is 1.17 bits per heavy atom. The molecule has 2 aromatic rings. The number of nitrogens with one attached hydrogen (secondary N) is 1. The van der Waals surface area contributed by atoms with E-state index in [0.717, 1.165) is 9.64 Å². The minimum absolute atomic E-state index is 0.278. The summed E-state index contributed by atoms with van der Waals surface area (Å²) in [5, 5.41) is 3.00. The summed E-state index contributed by atoms with van der Waals surface area (Å²) >= 11 is 2.11. The third-order valence-electron chi connectivity index (χ3n) is 2.29. The van der Waals surface area contributed by atoms with Gasteiger partial charge in [0.2, 0.25) is 0 Å². The topological polar surface area (TPSA) is 50.9 Å². The van der Waals surface area contributed by atoms with Crippen LogP contribution in [0.1, 0.15) is 5.56 Å². The van der Waals surface area contributed by atoms with Crippen LogP contribution in [0, 0.1) is 15.2 Å². The minimum Gasteiger partial charge on any atom is -0.382 e. The molecule has 6 heteroatoms. The zero-order chi connectivity index (χ0) is 13.1. The number of hydrogen-bond acceptors (Lipinski definition) is 3. The molecule has 1 aromatic carbocycles. The lowest BCUT2D eigenvalue weighted by Crippen LogP contribution is -2.04. The Bertz CT molecular complexity index is 555. The Morgan fingerprint density at radius 3 is 2.50 bits per heavy atom. The fraction of sp³-hybridized carbons (Fsp3) is 0.0833. The van der Waals surface area contributed by atoms with E-state index in [1.165, 1.54) is 12.1 Å². The quantitative estimate of drug-likeness (QED) is 0.826. The first kappa shape index (κ1) is 13.0. The smallest absolute Gasteiger partial charge is 0.146 e. The largest absolute Gasteiger partial charge is 0.382 e. The van der Waals surface area contributed by atoms with Crippen molar-refractivity contribution in [3.05, 3.63) is 51.2 Å². The summed E-state index contributed by atoms with van der Waals surface area (Å²) in [6.07, 6.45) is 1.64. The summed E-state index contributed by atoms with van der Waals surface area (Å²) < 4.78 is 26.9. The van der Waals surface area contributed by atoms with Gasteiger partial charge in [-0.05, 0) is 46.4 Å². The van der Waals surface area contributed by atoms with Crippen molar-refractivity contribution in [1.82, 2.24) is 4.98 Å². The molecule has 0 atom stereocenters. The Hall–Kier alpha value is -1.44. The molecule has 0 aliphatic rings. The van der Waals surface area contributed by atoms with Crippen LogP contribution in [0.2, 0.25) is 0 Å². The molecule has 1 aromatic heterocycles. The molecular weight excluding hydrogens is 351 g/mol. The van der Waals surface area contributed by atoms with Gasteiger partial charge < -0.3 is 11.1 Å². The standard InChI is InChI=1S/C12H10F2IN3/c13-8-1-7(2-9(14)3-8)5-17-11-4-10(15)6-18-12(11)16/h1-4,6,17H,5H2,(H2,16,18). The Morgan fingerprint density at radius 2 is 1.83 bits per heavy atom. The van der Waals surface area contributed by atoms with Crippen LogP contribution in [-0.4, -0.2) is 4.98 Å². The molecule has 0 radical (unpaired) electrons. The van der Waals surface area contributed by atoms with Gasteiger partial charge in [0.1, 0.15) is 17.5 Å². The average Bonchev–Trinajstić information content (AvgIpc) is 2.29. The van der Waals surface area contributed by atoms with Gasteiger partial charge in [-0.1, -0.05) is 0 Å². The van der Waals surface area contributed by atoms with Gasteiger partial charge in [0.05, 0.1) is 5.69 Å². The van der Waals surface area contributed by atoms with Gasteiger partial charge in [0, 0.05) is 22.4 Å². The average molecular weight is 361 g/mol. The van der Waals surface area contributed by atoms with E-state index in [2.05, 4.69) is 32.9 Å². The van der Waals surface area contributed by atoms with E-state index in [1.807, 2.05) is 6.07 Å². The Kier molecular flexibility index (Phi) is 3.95. The maximum atomic E-state index is 13.0. The molecule has 2 rings (SSSR count). The minimum atomic E-state index is -0.597. The first-order valence-corrected chi connectivity index (χ1v) is 6.22. The normalized spacial score (nSPS) is 10.4. The molecule has 3 nitrogen and oxygen atoms in total. The van der Waals surface area contributed by atoms with Crippen LogP contribution >= 0.6 is 22.6 Å². The summed E-state index contributed by atoms with van der Waals surface area (Å²) in [6.45, 7) is 0.278. The first-order valence-electron chi connectivity index (χ1n) is 5.14. The molecule has 0 aliphatic heterocycles. The predicted molar refractivity (Wildman–Crippen MR) is 75.1 cm³/mol. The third kappa shape index (κ3) is 3.28. The number of nitrogen functional groups attached to an aromatic ring is 1. The third-order valence-corrected chi connectivity index (χ3v) is 2.88. The summed E-state index contributed by atoms with van der Waals surface area (Å²) in [5.74, 6) is -0.839. The van der Waals surface area contributed by atoms with Gasteiger partial charge in [0.15, 0.2) is 0 Å². The van der Waals surface area contributed by atoms with Crippen molar-refractivity contribution < 1.29 is 8.78 Å². The molecule has 0 unspecified atom stereocenters. The van der Waals surface area contributed by atoms with E-state index in [4.69, 9.17) is 5.73 Å². The molecule has 0 saturated carbocycles. The number of benzene rings is 1. The van der Waals surface area contributed by atoms with Crippen molar-refractivity contribution in [2.45, 2.75) is 6.54 Å². The molecule has 0 fully saturated rings. The second-order valence-electron chi connectivity index (χ2n) is 3.72. The zero-order valence-corrected chi connectivity index (χ0v) is 11.4. The molecule has 18 heavy (non-hydrogen) atoms. The zero-order valence-electron chi connectivity index (χ0n) is 9.25. The fourth-order valence-electron chi connectivity index (χ4n) is 1.50. The lowest BCUT2D eigenvalue weighted by molar-refractivity contribution is 0.580. The van der Waals surface area contributed by atoms with Crippen molar-refractivity contribution in [3.8, 4) is 0 Å². The Labute approximate surface area is 117 Å². The highest BCUT2D eigenvalue weighted by Gasteiger charge is 2.03. The highest BCUT2D eigenvalue weighted by molar-refractivity contribution is 14.1. The summed E-state index contributed by atoms with van der Waals surface area (Å²) in [6, 6.07) is 5.20. The van der Waals surface area contributed by atoms with Gasteiger partial charge in [-0.25, -0.2) is 13.8 Å². The van der Waals surface area contributed by atoms with Crippen LogP contribution < -0.4 is 11.1 Å². The van der Waals surface area contributed by atoms with E-state index >= 15 is 0 Å². The number of aromatic nitrogens is 1. The van der Waals surface area contributed by atoms with E-state index in [9.17, 15) is 8.78 Å². The van der Waals surface area contributed by atoms with E-state index in [1.54, 1.807) is 6.20 Å². The van der Waals surface area contributed by atoms with Crippen molar-refractivity contribution in [1.29, 1.82) is 0 Å². The number of halogens is 3. The van der Waals surface area contributed by atoms with Crippen LogP contribution in [0.3, 0.4) is 0 Å². The molecule has 0 bridgehead atoms. The second kappa shape index (κ2) is 5.47. The number of hydrogen-bond donors (Lipinski definition) is 2. The fourth-order valence-corrected chi connectivity index (χ4v) is 1.95. The van der Waals surface area contributed by atoms with Gasteiger partial charge >= 0.3 is 0 Å². The van der Waals surface area contributed by atoms with Crippen LogP contribution in [0.5, 0.6) is 0 Å². The second-order valence-corrected chi connectivity index (χ2v) is 4.96. The number of nitrogens with zero attached hydrogens (tertiary/aromatic N) is 1. The summed E-state index contributed by atoms with van der Waals surface area (Å²) in [4.78, 5) is 3.99. The van der Waals surface area contributed by atoms with Gasteiger partial charge in [-0.2, -0.15) is 0 Å². The maximum Gasteiger partial charge on any atom is 0.146 e. The van der Waals surface area contributed by atoms with Crippen molar-refractivity contribution in [3.63, 3.8) is 0 Å². The predicted octanol–water partition coefficient (Wildman–Crippen LogP) is 3.16. The number of rotatable bonds is 3. The lowest BCUT2D eigenvalue weighted by Gasteiger charge is -2.09. The maximum absolute atomic E-state index is 13.0. The van der Waals surface area contributed by atoms with Gasteiger partial charge in [-0.15, -0.1) is 0 Å². The Balaban J connectivity index is 2.13. The molecule has 0 amide bonds. The highest BCUT2D eigenvalue weighted by Crippen LogP contribution is 2.19. The summed E-state index contributed by atoms with van der Waals surface area (Å²) in [7, 11) is 0. The number of anilines is 2. The van der Waals surface area contributed by atoms with Crippen molar-refractivity contribution >= 4 is 34.1 Å². The molecule has 94 valence electrons. The SMILES string of the molecule is Nc1ncc(I)cc1NCc1cc(F)cc(F)c1. The molecule has 0 aliphatic carbocycles. The monoisotopic (exact) mass is 361 g/mol. The molecule has 1 heterocycles. The van der Waals surface area contributed by atoms with Crippen LogP contribution in [0.4, 0.5) is 20.3 Å². The summed E-state index contributed by atoms with van der Waals surface area (Å²) in [5.41, 5.74) is 6.84. The molecule has 3 N–H and O–H groups in total. The van der Waals surface area contributed by atoms with Crippen LogP contribution in [-0.2, 0) is 6.54 Å². The van der Waals surface area contributed by atoms with Crippen LogP contribution in [0.25, 0.3) is 0 Å². The van der Waals surface area contributed by atoms with E-state index in [-0.39, 0.29) is 6.54 Å².